The van der Waals surface area contributed by atoms with Gasteiger partial charge in [0.05, 0.1) is 19.2 Å². The molecule has 4 heterocycles. The number of nitrogens with zero attached hydrogens (tertiary/aromatic N) is 4. The van der Waals surface area contributed by atoms with E-state index >= 15 is 0 Å². The molecule has 0 amide bonds. The second-order valence-corrected chi connectivity index (χ2v) is 10.6. The van der Waals surface area contributed by atoms with Gasteiger partial charge in [-0.25, -0.2) is 0 Å². The molecule has 2 saturated heterocycles. The average Bonchev–Trinajstić information content (AvgIpc) is 3.64. The lowest BCUT2D eigenvalue weighted by Gasteiger charge is -2.31. The second-order valence-electron chi connectivity index (χ2n) is 9.52. The Morgan fingerprint density at radius 3 is 2.63 bits per heavy atom. The number of hydrogen-bond donors (Lipinski definition) is 0. The maximum Gasteiger partial charge on any atom is 0.191 e. The molecule has 0 spiro atoms. The normalized spacial score (nSPS) is 19.5. The molecule has 8 heteroatoms. The minimum atomic E-state index is 0.276. The largest absolute Gasteiger partial charge is 0.462 e. The molecule has 3 aromatic rings. The van der Waals surface area contributed by atoms with E-state index in [1.54, 1.807) is 7.11 Å². The zero-order valence-corrected chi connectivity index (χ0v) is 21.4. The van der Waals surface area contributed by atoms with Crippen molar-refractivity contribution < 1.29 is 13.9 Å². The number of aromatic nitrogens is 3. The lowest BCUT2D eigenvalue weighted by Crippen LogP contribution is -2.33. The van der Waals surface area contributed by atoms with Crippen molar-refractivity contribution in [3.8, 4) is 0 Å². The molecule has 1 atom stereocenters. The highest BCUT2D eigenvalue weighted by Crippen LogP contribution is 2.31. The SMILES string of the molecule is COCc1ccc(CN2CCC(c3nnc(SCCc4ccccc4)n3CC3CCCO3)CC2)o1. The van der Waals surface area contributed by atoms with Gasteiger partial charge in [0.15, 0.2) is 5.16 Å². The zero-order chi connectivity index (χ0) is 23.9. The van der Waals surface area contributed by atoms with Crippen LogP contribution in [-0.2, 0) is 35.6 Å². The van der Waals surface area contributed by atoms with Crippen LogP contribution in [0.25, 0.3) is 0 Å². The number of rotatable bonds is 11. The third-order valence-corrected chi connectivity index (χ3v) is 7.92. The molecule has 0 aliphatic carbocycles. The van der Waals surface area contributed by atoms with E-state index in [0.29, 0.717) is 12.5 Å². The molecular formula is C27H36N4O3S. The van der Waals surface area contributed by atoms with Crippen LogP contribution in [0.15, 0.2) is 52.0 Å². The van der Waals surface area contributed by atoms with Crippen LogP contribution in [0.2, 0.25) is 0 Å². The van der Waals surface area contributed by atoms with Gasteiger partial charge in [-0.15, -0.1) is 10.2 Å². The van der Waals surface area contributed by atoms with Crippen LogP contribution in [0.4, 0.5) is 0 Å². The first-order valence-corrected chi connectivity index (χ1v) is 13.8. The Bertz CT molecular complexity index is 1040. The Balaban J connectivity index is 1.21. The number of methoxy groups -OCH3 is 1. The van der Waals surface area contributed by atoms with Crippen molar-refractivity contribution in [3.63, 3.8) is 0 Å². The van der Waals surface area contributed by atoms with Gasteiger partial charge in [-0.2, -0.15) is 0 Å². The van der Waals surface area contributed by atoms with E-state index in [9.17, 15) is 0 Å². The summed E-state index contributed by atoms with van der Waals surface area (Å²) in [6, 6.07) is 14.7. The zero-order valence-electron chi connectivity index (χ0n) is 20.6. The quantitative estimate of drug-likeness (QED) is 0.350. The molecule has 0 saturated carbocycles. The van der Waals surface area contributed by atoms with Crippen molar-refractivity contribution in [2.45, 2.75) is 69.0 Å². The summed E-state index contributed by atoms with van der Waals surface area (Å²) in [4.78, 5) is 2.47. The molecule has 7 nitrogen and oxygen atoms in total. The standard InChI is InChI=1S/C27H36N4O3S/c1-32-20-25-10-9-24(34-25)18-30-14-11-22(12-15-30)26-28-29-27(31(26)19-23-8-5-16-33-23)35-17-13-21-6-3-2-4-7-21/h2-4,6-7,9-10,22-23H,5,8,11-20H2,1H3. The summed E-state index contributed by atoms with van der Waals surface area (Å²) in [6.07, 6.45) is 5.76. The topological polar surface area (TPSA) is 65.5 Å². The van der Waals surface area contributed by atoms with Crippen LogP contribution in [0.5, 0.6) is 0 Å². The number of thioether (sulfide) groups is 1. The minimum absolute atomic E-state index is 0.276. The summed E-state index contributed by atoms with van der Waals surface area (Å²) in [7, 11) is 1.69. The molecule has 2 aliphatic heterocycles. The van der Waals surface area contributed by atoms with Crippen molar-refractivity contribution >= 4 is 11.8 Å². The number of piperidine rings is 1. The number of aryl methyl sites for hydroxylation is 1. The fourth-order valence-corrected chi connectivity index (χ4v) is 6.02. The Hall–Kier alpha value is -2.13. The van der Waals surface area contributed by atoms with Gasteiger partial charge >= 0.3 is 0 Å². The number of likely N-dealkylation sites (tertiary alicyclic amines) is 1. The highest BCUT2D eigenvalue weighted by molar-refractivity contribution is 7.99. The van der Waals surface area contributed by atoms with Crippen LogP contribution < -0.4 is 0 Å². The Labute approximate surface area is 212 Å². The van der Waals surface area contributed by atoms with Crippen molar-refractivity contribution in [1.82, 2.24) is 19.7 Å². The average molecular weight is 497 g/mol. The van der Waals surface area contributed by atoms with Crippen molar-refractivity contribution in [1.29, 1.82) is 0 Å². The molecule has 2 aromatic heterocycles. The second kappa shape index (κ2) is 12.2. The van der Waals surface area contributed by atoms with E-state index in [-0.39, 0.29) is 6.10 Å². The molecule has 0 radical (unpaired) electrons. The van der Waals surface area contributed by atoms with E-state index in [1.165, 1.54) is 5.56 Å². The van der Waals surface area contributed by atoms with E-state index in [1.807, 2.05) is 17.8 Å². The summed E-state index contributed by atoms with van der Waals surface area (Å²) in [5.74, 6) is 4.47. The summed E-state index contributed by atoms with van der Waals surface area (Å²) in [6.45, 7) is 5.18. The predicted octanol–water partition coefficient (Wildman–Crippen LogP) is 4.91. The molecular weight excluding hydrogens is 460 g/mol. The fourth-order valence-electron chi connectivity index (χ4n) is 5.07. The van der Waals surface area contributed by atoms with Gasteiger partial charge in [0, 0.05) is 25.4 Å². The van der Waals surface area contributed by atoms with Crippen LogP contribution in [0.1, 0.15) is 54.5 Å². The third kappa shape index (κ3) is 6.55. The maximum atomic E-state index is 5.99. The summed E-state index contributed by atoms with van der Waals surface area (Å²) >= 11 is 1.82. The van der Waals surface area contributed by atoms with Crippen LogP contribution in [0, 0.1) is 0 Å². The molecule has 2 aliphatic rings. The highest BCUT2D eigenvalue weighted by Gasteiger charge is 2.28. The predicted molar refractivity (Wildman–Crippen MR) is 137 cm³/mol. The van der Waals surface area contributed by atoms with Gasteiger partial charge < -0.3 is 18.5 Å². The fraction of sp³-hybridized carbons (Fsp3) is 0.556. The van der Waals surface area contributed by atoms with E-state index in [2.05, 4.69) is 51.0 Å². The molecule has 0 N–H and O–H groups in total. The summed E-state index contributed by atoms with van der Waals surface area (Å²) < 4.78 is 19.4. The van der Waals surface area contributed by atoms with Gasteiger partial charge in [-0.1, -0.05) is 42.1 Å². The lowest BCUT2D eigenvalue weighted by molar-refractivity contribution is 0.0930. The monoisotopic (exact) mass is 496 g/mol. The smallest absolute Gasteiger partial charge is 0.191 e. The van der Waals surface area contributed by atoms with Crippen LogP contribution >= 0.6 is 11.8 Å². The van der Waals surface area contributed by atoms with E-state index < -0.39 is 0 Å². The Kier molecular flexibility index (Phi) is 8.57. The highest BCUT2D eigenvalue weighted by atomic mass is 32.2. The Morgan fingerprint density at radius 2 is 1.86 bits per heavy atom. The first-order chi connectivity index (χ1) is 17.3. The number of hydrogen-bond acceptors (Lipinski definition) is 7. The van der Waals surface area contributed by atoms with Gasteiger partial charge in [-0.3, -0.25) is 4.90 Å². The maximum absolute atomic E-state index is 5.99. The van der Waals surface area contributed by atoms with Gasteiger partial charge in [0.25, 0.3) is 0 Å². The molecule has 2 fully saturated rings. The first-order valence-electron chi connectivity index (χ1n) is 12.8. The van der Waals surface area contributed by atoms with Gasteiger partial charge in [0.1, 0.15) is 24.0 Å². The van der Waals surface area contributed by atoms with E-state index in [4.69, 9.17) is 19.0 Å². The molecule has 1 unspecified atom stereocenters. The summed E-state index contributed by atoms with van der Waals surface area (Å²) in [5.41, 5.74) is 1.36. The molecule has 35 heavy (non-hydrogen) atoms. The van der Waals surface area contributed by atoms with Crippen LogP contribution in [-0.4, -0.2) is 58.3 Å². The van der Waals surface area contributed by atoms with Crippen molar-refractivity contribution in [2.24, 2.45) is 0 Å². The number of ether oxygens (including phenoxy) is 2. The Morgan fingerprint density at radius 1 is 1.03 bits per heavy atom. The van der Waals surface area contributed by atoms with E-state index in [0.717, 1.165) is 93.1 Å². The molecule has 0 bridgehead atoms. The molecule has 5 rings (SSSR count). The van der Waals surface area contributed by atoms with Crippen molar-refractivity contribution in [2.75, 3.05) is 32.6 Å². The van der Waals surface area contributed by atoms with Crippen molar-refractivity contribution in [3.05, 3.63) is 65.4 Å². The lowest BCUT2D eigenvalue weighted by atomic mass is 9.95. The molecule has 188 valence electrons. The minimum Gasteiger partial charge on any atom is -0.462 e. The molecule has 1 aromatic carbocycles. The number of benzene rings is 1. The first kappa shape index (κ1) is 24.6. The van der Waals surface area contributed by atoms with Crippen LogP contribution in [0.3, 0.4) is 0 Å². The van der Waals surface area contributed by atoms with Gasteiger partial charge in [-0.05, 0) is 62.9 Å². The van der Waals surface area contributed by atoms with Gasteiger partial charge in [0.2, 0.25) is 0 Å². The third-order valence-electron chi connectivity index (χ3n) is 6.96. The summed E-state index contributed by atoms with van der Waals surface area (Å²) in [5, 5.41) is 10.4. The number of furan rings is 1.